The molecule has 3 aromatic rings. The number of benzene rings is 2. The van der Waals surface area contributed by atoms with Crippen molar-refractivity contribution in [3.63, 3.8) is 0 Å². The first-order valence-corrected chi connectivity index (χ1v) is 8.94. The van der Waals surface area contributed by atoms with Crippen LogP contribution < -0.4 is 10.1 Å². The summed E-state index contributed by atoms with van der Waals surface area (Å²) in [5.41, 5.74) is 2.72. The van der Waals surface area contributed by atoms with E-state index in [4.69, 9.17) is 10.1 Å². The maximum atomic E-state index is 12.1. The maximum Gasteiger partial charge on any atom is 0.262 e. The number of anilines is 1. The lowest BCUT2D eigenvalue weighted by Gasteiger charge is -2.09. The van der Waals surface area contributed by atoms with E-state index >= 15 is 0 Å². The average Bonchev–Trinajstić information content (AvgIpc) is 3.28. The number of amides is 1. The van der Waals surface area contributed by atoms with Crippen LogP contribution in [0.5, 0.6) is 5.75 Å². The van der Waals surface area contributed by atoms with E-state index in [1.165, 1.54) is 0 Å². The van der Waals surface area contributed by atoms with Crippen LogP contribution in [0.1, 0.15) is 5.56 Å². The van der Waals surface area contributed by atoms with Crippen LogP contribution >= 0.6 is 0 Å². The van der Waals surface area contributed by atoms with Gasteiger partial charge in [-0.3, -0.25) is 9.79 Å². The van der Waals surface area contributed by atoms with Crippen molar-refractivity contribution in [2.75, 3.05) is 19.0 Å². The number of carbonyl (C=O) groups excluding carboxylic acids is 1. The lowest BCUT2D eigenvalue weighted by Crippen LogP contribution is -2.20. The van der Waals surface area contributed by atoms with Crippen LogP contribution in [0.3, 0.4) is 0 Å². The van der Waals surface area contributed by atoms with Gasteiger partial charge >= 0.3 is 0 Å². The minimum Gasteiger partial charge on any atom is -0.484 e. The molecule has 29 heavy (non-hydrogen) atoms. The molecule has 0 aliphatic heterocycles. The topological polar surface area (TPSA) is 92.4 Å². The lowest BCUT2D eigenvalue weighted by molar-refractivity contribution is -0.118. The fourth-order valence-corrected chi connectivity index (χ4v) is 2.53. The first kappa shape index (κ1) is 19.8. The van der Waals surface area contributed by atoms with Crippen LogP contribution in [-0.2, 0) is 4.79 Å². The molecule has 0 aliphatic carbocycles. The van der Waals surface area contributed by atoms with Crippen LogP contribution in [0.25, 0.3) is 5.69 Å². The quantitative estimate of drug-likeness (QED) is 0.579. The Morgan fingerprint density at radius 1 is 1.21 bits per heavy atom. The number of allylic oxidation sites excluding steroid dienone is 2. The zero-order chi connectivity index (χ0) is 20.5. The van der Waals surface area contributed by atoms with Gasteiger partial charge in [-0.1, -0.05) is 12.1 Å². The molecule has 1 aromatic heterocycles. The summed E-state index contributed by atoms with van der Waals surface area (Å²) < 4.78 is 7.42. The summed E-state index contributed by atoms with van der Waals surface area (Å²) in [6, 6.07) is 14.5. The largest absolute Gasteiger partial charge is 0.484 e. The molecule has 0 fully saturated rings. The van der Waals surface area contributed by atoms with Crippen molar-refractivity contribution in [2.24, 2.45) is 4.99 Å². The number of hydrogen-bond acceptors (Lipinski definition) is 5. The van der Waals surface area contributed by atoms with Crippen molar-refractivity contribution < 1.29 is 9.53 Å². The monoisotopic (exact) mass is 387 g/mol. The molecular weight excluding hydrogens is 366 g/mol. The number of hydrogen-bond donors (Lipinski definition) is 2. The second kappa shape index (κ2) is 9.80. The summed E-state index contributed by atoms with van der Waals surface area (Å²) in [4.78, 5) is 20.0. The van der Waals surface area contributed by atoms with Gasteiger partial charge in [-0.05, 0) is 54.1 Å². The van der Waals surface area contributed by atoms with Gasteiger partial charge in [0.25, 0.3) is 5.91 Å². The first-order valence-electron chi connectivity index (χ1n) is 8.94. The number of ether oxygens (including phenoxy) is 1. The number of aromatic nitrogens is 2. The Labute approximate surface area is 168 Å². The number of imidazole rings is 1. The van der Waals surface area contributed by atoms with Gasteiger partial charge in [-0.2, -0.15) is 0 Å². The summed E-state index contributed by atoms with van der Waals surface area (Å²) in [6.45, 7) is -0.0961. The Bertz CT molecular complexity index is 1000. The van der Waals surface area contributed by atoms with Crippen LogP contribution in [-0.4, -0.2) is 41.0 Å². The fraction of sp³-hybridized carbons (Fsp3) is 0.0909. The van der Waals surface area contributed by atoms with Crippen molar-refractivity contribution >= 4 is 23.5 Å². The normalized spacial score (nSPS) is 11.1. The SMILES string of the molecule is CN=C/C=C\C(=N)c1ccc(NC(=O)COc2ccc(-n3ccnc3)cc2)cc1. The second-order valence-corrected chi connectivity index (χ2v) is 6.06. The first-order chi connectivity index (χ1) is 14.2. The minimum atomic E-state index is -0.259. The van der Waals surface area contributed by atoms with Gasteiger partial charge < -0.3 is 20.0 Å². The Hall–Kier alpha value is -4.00. The molecule has 0 atom stereocenters. The standard InChI is InChI=1S/C22H21N5O2/c1-24-12-2-3-21(23)17-4-6-18(7-5-17)26-22(28)15-29-20-10-8-19(9-11-20)27-14-13-25-16-27/h2-14,16,23H,15H2,1H3,(H,26,28)/b3-2-,23-21?,24-12?. The van der Waals surface area contributed by atoms with Crippen molar-refractivity contribution in [1.82, 2.24) is 9.55 Å². The highest BCUT2D eigenvalue weighted by Gasteiger charge is 2.05. The lowest BCUT2D eigenvalue weighted by atomic mass is 10.1. The Balaban J connectivity index is 1.49. The Kier molecular flexibility index (Phi) is 6.67. The smallest absolute Gasteiger partial charge is 0.262 e. The fourth-order valence-electron chi connectivity index (χ4n) is 2.53. The summed E-state index contributed by atoms with van der Waals surface area (Å²) in [5, 5.41) is 10.8. The molecule has 0 unspecified atom stereocenters. The van der Waals surface area contributed by atoms with Gasteiger partial charge in [0.1, 0.15) is 5.75 Å². The van der Waals surface area contributed by atoms with Gasteiger partial charge in [-0.25, -0.2) is 4.98 Å². The molecule has 0 aliphatic rings. The summed E-state index contributed by atoms with van der Waals surface area (Å²) in [5.74, 6) is 0.348. The van der Waals surface area contributed by atoms with Crippen LogP contribution in [0.2, 0.25) is 0 Å². The highest BCUT2D eigenvalue weighted by molar-refractivity contribution is 6.08. The maximum absolute atomic E-state index is 12.1. The Morgan fingerprint density at radius 2 is 1.97 bits per heavy atom. The minimum absolute atomic E-state index is 0.0961. The van der Waals surface area contributed by atoms with Gasteiger partial charge in [0.05, 0.1) is 12.0 Å². The number of aliphatic imine (C=N–C) groups is 1. The molecule has 2 aromatic carbocycles. The summed E-state index contributed by atoms with van der Waals surface area (Å²) in [6.07, 6.45) is 10.3. The third-order valence-corrected chi connectivity index (χ3v) is 3.99. The zero-order valence-electron chi connectivity index (χ0n) is 15.9. The van der Waals surface area contributed by atoms with Crippen LogP contribution in [0.4, 0.5) is 5.69 Å². The molecular formula is C22H21N5O2. The zero-order valence-corrected chi connectivity index (χ0v) is 15.9. The molecule has 0 bridgehead atoms. The predicted molar refractivity (Wildman–Crippen MR) is 115 cm³/mol. The van der Waals surface area contributed by atoms with E-state index in [-0.39, 0.29) is 12.5 Å². The number of rotatable bonds is 8. The van der Waals surface area contributed by atoms with Gasteiger partial charge in [-0.15, -0.1) is 0 Å². The number of nitrogens with zero attached hydrogens (tertiary/aromatic N) is 3. The van der Waals surface area contributed by atoms with E-state index in [1.54, 1.807) is 74.3 Å². The molecule has 0 saturated heterocycles. The third kappa shape index (κ3) is 5.74. The van der Waals surface area contributed by atoms with Crippen molar-refractivity contribution in [3.05, 3.63) is 85.0 Å². The van der Waals surface area contributed by atoms with Gasteiger partial charge in [0, 0.05) is 37.0 Å². The average molecular weight is 387 g/mol. The van der Waals surface area contributed by atoms with Gasteiger partial charge in [0.15, 0.2) is 6.61 Å². The molecule has 1 heterocycles. The molecule has 0 radical (unpaired) electrons. The van der Waals surface area contributed by atoms with E-state index in [0.29, 0.717) is 17.1 Å². The number of nitrogens with one attached hydrogen (secondary N) is 2. The van der Waals surface area contributed by atoms with E-state index in [1.807, 2.05) is 22.9 Å². The van der Waals surface area contributed by atoms with Crippen LogP contribution in [0.15, 0.2) is 84.4 Å². The Morgan fingerprint density at radius 3 is 2.62 bits per heavy atom. The van der Waals surface area contributed by atoms with Crippen molar-refractivity contribution in [1.29, 1.82) is 5.41 Å². The van der Waals surface area contributed by atoms with E-state index in [0.717, 1.165) is 11.3 Å². The van der Waals surface area contributed by atoms with E-state index in [9.17, 15) is 4.79 Å². The number of carbonyl (C=O) groups is 1. The third-order valence-electron chi connectivity index (χ3n) is 3.99. The van der Waals surface area contributed by atoms with Crippen LogP contribution in [0, 0.1) is 5.41 Å². The van der Waals surface area contributed by atoms with E-state index < -0.39 is 0 Å². The van der Waals surface area contributed by atoms with E-state index in [2.05, 4.69) is 15.3 Å². The highest BCUT2D eigenvalue weighted by Crippen LogP contribution is 2.15. The van der Waals surface area contributed by atoms with Crippen molar-refractivity contribution in [2.45, 2.75) is 0 Å². The molecule has 0 saturated carbocycles. The highest BCUT2D eigenvalue weighted by atomic mass is 16.5. The molecule has 2 N–H and O–H groups in total. The predicted octanol–water partition coefficient (Wildman–Crippen LogP) is 3.51. The molecule has 7 heteroatoms. The summed E-state index contributed by atoms with van der Waals surface area (Å²) in [7, 11) is 1.67. The van der Waals surface area contributed by atoms with Crippen molar-refractivity contribution in [3.8, 4) is 11.4 Å². The second-order valence-electron chi connectivity index (χ2n) is 6.06. The molecule has 7 nitrogen and oxygen atoms in total. The molecule has 146 valence electrons. The molecule has 1 amide bonds. The molecule has 3 rings (SSSR count). The van der Waals surface area contributed by atoms with Gasteiger partial charge in [0.2, 0.25) is 0 Å². The molecule has 0 spiro atoms. The summed E-state index contributed by atoms with van der Waals surface area (Å²) >= 11 is 0.